The molecule has 1 atom stereocenters. The number of rotatable bonds is 10. The van der Waals surface area contributed by atoms with Gasteiger partial charge in [-0.05, 0) is 68.1 Å². The van der Waals surface area contributed by atoms with Gasteiger partial charge in [-0.2, -0.15) is 0 Å². The van der Waals surface area contributed by atoms with Crippen molar-refractivity contribution in [3.63, 3.8) is 0 Å². The average Bonchev–Trinajstić information content (AvgIpc) is 2.89. The highest BCUT2D eigenvalue weighted by atomic mass is 35.5. The smallest absolute Gasteiger partial charge is 0.253 e. The number of aryl methyl sites for hydroxylation is 1. The molecular weight excluding hydrogens is 500 g/mol. The zero-order chi connectivity index (χ0) is 26.4. The first-order chi connectivity index (χ1) is 17.9. The van der Waals surface area contributed by atoms with Crippen LogP contribution in [0.15, 0.2) is 77.6 Å². The molecule has 1 heterocycles. The number of halogens is 1. The lowest BCUT2D eigenvalue weighted by Gasteiger charge is -2.26. The molecule has 4 rings (SSSR count). The third-order valence-corrected chi connectivity index (χ3v) is 7.99. The fourth-order valence-electron chi connectivity index (χ4n) is 4.59. The number of amides is 1. The maximum absolute atomic E-state index is 13.6. The van der Waals surface area contributed by atoms with E-state index in [9.17, 15) is 9.59 Å². The first kappa shape index (κ1) is 27.1. The molecule has 0 fully saturated rings. The van der Waals surface area contributed by atoms with Crippen LogP contribution in [0.2, 0.25) is 5.02 Å². The summed E-state index contributed by atoms with van der Waals surface area (Å²) < 4.78 is 0.896. The van der Waals surface area contributed by atoms with Gasteiger partial charge >= 0.3 is 0 Å². The number of nitrogens with two attached hydrogens (primary N) is 1. The van der Waals surface area contributed by atoms with Crippen LogP contribution in [0.3, 0.4) is 0 Å². The standard InChI is InChI=1S/C31H33ClN2O2S/c1-21-9-11-24(12-10-21)31(36)34(16-6-15-33)20-22(2)17-28-27(18-23-7-4-3-5-8-23)30(35)26-14-13-25(32)19-29(26)37-28/h3-5,7-14,19,22H,6,15-18,20,33H2,1-2H3. The number of nitrogens with zero attached hydrogens (tertiary/aromatic N) is 1. The van der Waals surface area contributed by atoms with E-state index in [1.54, 1.807) is 17.4 Å². The third-order valence-electron chi connectivity index (χ3n) is 6.54. The third kappa shape index (κ3) is 6.86. The van der Waals surface area contributed by atoms with Crippen LogP contribution in [0.25, 0.3) is 10.1 Å². The minimum absolute atomic E-state index is 0.0169. The van der Waals surface area contributed by atoms with Crippen LogP contribution in [0.1, 0.15) is 45.3 Å². The Bertz CT molecular complexity index is 1420. The van der Waals surface area contributed by atoms with Crippen molar-refractivity contribution < 1.29 is 4.79 Å². The van der Waals surface area contributed by atoms with E-state index in [0.29, 0.717) is 48.4 Å². The zero-order valence-corrected chi connectivity index (χ0v) is 22.9. The molecule has 0 bridgehead atoms. The molecule has 0 saturated heterocycles. The molecule has 4 aromatic rings. The van der Waals surface area contributed by atoms with Gasteiger partial charge in [-0.3, -0.25) is 9.59 Å². The lowest BCUT2D eigenvalue weighted by Crippen LogP contribution is -2.37. The minimum Gasteiger partial charge on any atom is -0.338 e. The van der Waals surface area contributed by atoms with Gasteiger partial charge in [-0.15, -0.1) is 11.3 Å². The molecule has 37 heavy (non-hydrogen) atoms. The van der Waals surface area contributed by atoms with E-state index in [4.69, 9.17) is 17.3 Å². The van der Waals surface area contributed by atoms with Crippen LogP contribution in [0.4, 0.5) is 0 Å². The Morgan fingerprint density at radius 2 is 1.78 bits per heavy atom. The topological polar surface area (TPSA) is 63.4 Å². The summed E-state index contributed by atoms with van der Waals surface area (Å²) in [5, 5.41) is 1.32. The molecule has 0 aliphatic carbocycles. The molecule has 0 aliphatic heterocycles. The van der Waals surface area contributed by atoms with Gasteiger partial charge in [0.15, 0.2) is 5.43 Å². The lowest BCUT2D eigenvalue weighted by atomic mass is 9.98. The number of benzene rings is 3. The number of fused-ring (bicyclic) bond motifs is 1. The molecule has 192 valence electrons. The predicted octanol–water partition coefficient (Wildman–Crippen LogP) is 6.48. The molecule has 0 saturated carbocycles. The van der Waals surface area contributed by atoms with Gasteiger partial charge < -0.3 is 10.6 Å². The average molecular weight is 533 g/mol. The highest BCUT2D eigenvalue weighted by molar-refractivity contribution is 7.18. The molecule has 0 radical (unpaired) electrons. The first-order valence-corrected chi connectivity index (χ1v) is 13.9. The monoisotopic (exact) mass is 532 g/mol. The number of carbonyl (C=O) groups excluding carboxylic acids is 1. The van der Waals surface area contributed by atoms with Crippen LogP contribution >= 0.6 is 22.9 Å². The van der Waals surface area contributed by atoms with Crippen molar-refractivity contribution >= 4 is 38.9 Å². The minimum atomic E-state index is 0.0169. The summed E-state index contributed by atoms with van der Waals surface area (Å²) in [6.07, 6.45) is 2.02. The van der Waals surface area contributed by atoms with E-state index in [1.165, 1.54) is 0 Å². The molecule has 0 spiro atoms. The van der Waals surface area contributed by atoms with Gasteiger partial charge in [-0.1, -0.05) is 66.6 Å². The van der Waals surface area contributed by atoms with E-state index < -0.39 is 0 Å². The Morgan fingerprint density at radius 1 is 1.05 bits per heavy atom. The molecule has 1 unspecified atom stereocenters. The summed E-state index contributed by atoms with van der Waals surface area (Å²) in [6.45, 7) is 5.88. The Labute approximate surface area is 227 Å². The molecular formula is C31H33ClN2O2S. The van der Waals surface area contributed by atoms with Crippen molar-refractivity contribution in [1.82, 2.24) is 4.90 Å². The fourth-order valence-corrected chi connectivity index (χ4v) is 6.20. The first-order valence-electron chi connectivity index (χ1n) is 12.7. The Hall–Kier alpha value is -2.99. The quantitative estimate of drug-likeness (QED) is 0.254. The van der Waals surface area contributed by atoms with Crippen LogP contribution in [-0.4, -0.2) is 30.4 Å². The molecule has 4 nitrogen and oxygen atoms in total. The van der Waals surface area contributed by atoms with E-state index >= 15 is 0 Å². The van der Waals surface area contributed by atoms with Gasteiger partial charge in [0.1, 0.15) is 0 Å². The predicted molar refractivity (Wildman–Crippen MR) is 156 cm³/mol. The van der Waals surface area contributed by atoms with Gasteiger partial charge in [0, 0.05) is 50.6 Å². The summed E-state index contributed by atoms with van der Waals surface area (Å²) >= 11 is 7.90. The molecule has 2 N–H and O–H groups in total. The summed E-state index contributed by atoms with van der Waals surface area (Å²) in [5.74, 6) is 0.164. The van der Waals surface area contributed by atoms with Crippen LogP contribution in [0.5, 0.6) is 0 Å². The molecule has 1 amide bonds. The maximum atomic E-state index is 13.6. The van der Waals surface area contributed by atoms with Gasteiger partial charge in [0.2, 0.25) is 0 Å². The van der Waals surface area contributed by atoms with E-state index in [-0.39, 0.29) is 17.3 Å². The van der Waals surface area contributed by atoms with Crippen LogP contribution in [0, 0.1) is 12.8 Å². The molecule has 3 aromatic carbocycles. The molecule has 1 aromatic heterocycles. The van der Waals surface area contributed by atoms with Gasteiger partial charge in [0.25, 0.3) is 5.91 Å². The Kier molecular flexibility index (Phi) is 9.14. The second-order valence-electron chi connectivity index (χ2n) is 9.70. The summed E-state index contributed by atoms with van der Waals surface area (Å²) in [5.41, 5.74) is 9.59. The van der Waals surface area contributed by atoms with Gasteiger partial charge in [0.05, 0.1) is 0 Å². The van der Waals surface area contributed by atoms with Crippen molar-refractivity contribution in [3.8, 4) is 0 Å². The van der Waals surface area contributed by atoms with Crippen molar-refractivity contribution in [2.45, 2.75) is 33.1 Å². The highest BCUT2D eigenvalue weighted by Crippen LogP contribution is 2.28. The van der Waals surface area contributed by atoms with Crippen molar-refractivity contribution in [1.29, 1.82) is 0 Å². The van der Waals surface area contributed by atoms with Crippen molar-refractivity contribution in [2.75, 3.05) is 19.6 Å². The second-order valence-corrected chi connectivity index (χ2v) is 11.3. The van der Waals surface area contributed by atoms with Crippen LogP contribution < -0.4 is 11.2 Å². The Balaban J connectivity index is 1.64. The van der Waals surface area contributed by atoms with Crippen LogP contribution in [-0.2, 0) is 12.8 Å². The van der Waals surface area contributed by atoms with Gasteiger partial charge in [-0.25, -0.2) is 0 Å². The van der Waals surface area contributed by atoms with E-state index in [1.807, 2.05) is 66.4 Å². The lowest BCUT2D eigenvalue weighted by molar-refractivity contribution is 0.0731. The normalized spacial score (nSPS) is 12.0. The van der Waals surface area contributed by atoms with Crippen molar-refractivity contribution in [2.24, 2.45) is 11.7 Å². The number of hydrogen-bond acceptors (Lipinski definition) is 4. The highest BCUT2D eigenvalue weighted by Gasteiger charge is 2.21. The van der Waals surface area contributed by atoms with Crippen molar-refractivity contribution in [3.05, 3.63) is 115 Å². The molecule has 6 heteroatoms. The van der Waals surface area contributed by atoms with E-state index in [2.05, 4.69) is 19.1 Å². The fraction of sp³-hybridized carbons (Fsp3) is 0.290. The summed E-state index contributed by atoms with van der Waals surface area (Å²) in [6, 6.07) is 23.3. The maximum Gasteiger partial charge on any atom is 0.253 e. The Morgan fingerprint density at radius 3 is 2.49 bits per heavy atom. The molecule has 0 aliphatic rings. The van der Waals surface area contributed by atoms with E-state index in [0.717, 1.165) is 32.7 Å². The summed E-state index contributed by atoms with van der Waals surface area (Å²) in [4.78, 5) is 29.9. The SMILES string of the molecule is Cc1ccc(C(=O)N(CCCN)CC(C)Cc2sc3cc(Cl)ccc3c(=O)c2Cc2ccccc2)cc1. The zero-order valence-electron chi connectivity index (χ0n) is 21.4. The number of carbonyl (C=O) groups is 1. The largest absolute Gasteiger partial charge is 0.338 e. The second kappa shape index (κ2) is 12.5. The summed E-state index contributed by atoms with van der Waals surface area (Å²) in [7, 11) is 0. The number of hydrogen-bond donors (Lipinski definition) is 1.